The Kier molecular flexibility index (Phi) is 2.63. The number of carbonyl (C=O) groups is 1. The van der Waals surface area contributed by atoms with Crippen LogP contribution in [0.2, 0.25) is 0 Å². The molecular formula is C8H11N3O. The lowest BCUT2D eigenvalue weighted by atomic mass is 10.4. The van der Waals surface area contributed by atoms with Gasteiger partial charge in [-0.05, 0) is 0 Å². The van der Waals surface area contributed by atoms with E-state index in [1.807, 2.05) is 0 Å². The van der Waals surface area contributed by atoms with Gasteiger partial charge in [-0.25, -0.2) is 4.98 Å². The molecule has 1 amide bonds. The molecule has 0 aliphatic carbocycles. The van der Waals surface area contributed by atoms with Crippen molar-refractivity contribution in [1.82, 2.24) is 14.9 Å². The van der Waals surface area contributed by atoms with Gasteiger partial charge in [0.15, 0.2) is 0 Å². The molecule has 0 radical (unpaired) electrons. The van der Waals surface area contributed by atoms with Crippen LogP contribution in [0, 0.1) is 0 Å². The molecule has 1 aromatic heterocycles. The Labute approximate surface area is 70.9 Å². The highest BCUT2D eigenvalue weighted by atomic mass is 16.2. The molecule has 1 rings (SSSR count). The summed E-state index contributed by atoms with van der Waals surface area (Å²) < 4.78 is 0. The van der Waals surface area contributed by atoms with E-state index in [2.05, 4.69) is 16.5 Å². The number of nitrogens with one attached hydrogen (secondary N) is 1. The van der Waals surface area contributed by atoms with Crippen molar-refractivity contribution in [3.05, 3.63) is 30.9 Å². The maximum Gasteiger partial charge on any atom is 0.274 e. The van der Waals surface area contributed by atoms with E-state index in [9.17, 15) is 4.79 Å². The summed E-state index contributed by atoms with van der Waals surface area (Å²) in [5.74, 6) is -0.101. The second-order valence-corrected chi connectivity index (χ2v) is 2.43. The third-order valence-corrected chi connectivity index (χ3v) is 1.47. The molecule has 0 unspecified atom stereocenters. The summed E-state index contributed by atoms with van der Waals surface area (Å²) in [5, 5.41) is 0. The van der Waals surface area contributed by atoms with Gasteiger partial charge in [-0.3, -0.25) is 4.79 Å². The number of aromatic nitrogens is 2. The van der Waals surface area contributed by atoms with Gasteiger partial charge >= 0.3 is 0 Å². The fourth-order valence-corrected chi connectivity index (χ4v) is 0.849. The minimum absolute atomic E-state index is 0.101. The van der Waals surface area contributed by atoms with Crippen LogP contribution in [0.4, 0.5) is 0 Å². The highest BCUT2D eigenvalue weighted by Crippen LogP contribution is 1.96. The predicted molar refractivity (Wildman–Crippen MR) is 45.7 cm³/mol. The zero-order valence-corrected chi connectivity index (χ0v) is 6.95. The summed E-state index contributed by atoms with van der Waals surface area (Å²) in [6.45, 7) is 4.08. The van der Waals surface area contributed by atoms with E-state index in [-0.39, 0.29) is 5.91 Å². The molecule has 0 aliphatic rings. The Hall–Kier alpha value is -1.58. The molecule has 0 bridgehead atoms. The lowest BCUT2D eigenvalue weighted by molar-refractivity contribution is 0.0805. The van der Waals surface area contributed by atoms with Gasteiger partial charge in [0.05, 0.1) is 6.33 Å². The highest BCUT2D eigenvalue weighted by Gasteiger charge is 2.10. The Morgan fingerprint density at radius 1 is 1.92 bits per heavy atom. The molecule has 64 valence electrons. The molecular weight excluding hydrogens is 154 g/mol. The number of imidazole rings is 1. The molecule has 1 aromatic rings. The fraction of sp³-hybridized carbons (Fsp3) is 0.250. The summed E-state index contributed by atoms with van der Waals surface area (Å²) in [6, 6.07) is 0. The van der Waals surface area contributed by atoms with Gasteiger partial charge in [0.25, 0.3) is 5.91 Å². The SMILES string of the molecule is C=CCN(C)C(=O)c1c[nH]cn1. The zero-order valence-electron chi connectivity index (χ0n) is 6.95. The first-order chi connectivity index (χ1) is 5.75. The summed E-state index contributed by atoms with van der Waals surface area (Å²) in [6.07, 6.45) is 4.72. The number of carbonyl (C=O) groups excluding carboxylic acids is 1. The molecule has 1 N–H and O–H groups in total. The second-order valence-electron chi connectivity index (χ2n) is 2.43. The number of hydrogen-bond acceptors (Lipinski definition) is 2. The van der Waals surface area contributed by atoms with Crippen molar-refractivity contribution in [2.45, 2.75) is 0 Å². The first kappa shape index (κ1) is 8.52. The molecule has 0 saturated heterocycles. The largest absolute Gasteiger partial charge is 0.350 e. The predicted octanol–water partition coefficient (Wildman–Crippen LogP) is 0.668. The number of amides is 1. The van der Waals surface area contributed by atoms with Crippen LogP contribution in [0.25, 0.3) is 0 Å². The van der Waals surface area contributed by atoms with E-state index in [1.54, 1.807) is 24.2 Å². The highest BCUT2D eigenvalue weighted by molar-refractivity contribution is 5.91. The Balaban J connectivity index is 2.65. The quantitative estimate of drug-likeness (QED) is 0.669. The maximum atomic E-state index is 11.4. The third-order valence-electron chi connectivity index (χ3n) is 1.47. The van der Waals surface area contributed by atoms with Crippen LogP contribution in [-0.4, -0.2) is 34.4 Å². The van der Waals surface area contributed by atoms with Crippen molar-refractivity contribution in [3.8, 4) is 0 Å². The molecule has 0 atom stereocenters. The van der Waals surface area contributed by atoms with Crippen molar-refractivity contribution in [2.75, 3.05) is 13.6 Å². The Morgan fingerprint density at radius 2 is 2.67 bits per heavy atom. The average Bonchev–Trinajstić information content (AvgIpc) is 2.55. The van der Waals surface area contributed by atoms with Crippen molar-refractivity contribution in [1.29, 1.82) is 0 Å². The van der Waals surface area contributed by atoms with E-state index < -0.39 is 0 Å². The monoisotopic (exact) mass is 165 g/mol. The summed E-state index contributed by atoms with van der Waals surface area (Å²) >= 11 is 0. The summed E-state index contributed by atoms with van der Waals surface area (Å²) in [5.41, 5.74) is 0.430. The normalized spacial score (nSPS) is 9.42. The van der Waals surface area contributed by atoms with Gasteiger partial charge in [-0.1, -0.05) is 6.08 Å². The minimum atomic E-state index is -0.101. The third kappa shape index (κ3) is 1.72. The number of H-pyrrole nitrogens is 1. The number of rotatable bonds is 3. The summed E-state index contributed by atoms with van der Waals surface area (Å²) in [7, 11) is 1.71. The van der Waals surface area contributed by atoms with Crippen molar-refractivity contribution in [3.63, 3.8) is 0 Å². The number of nitrogens with zero attached hydrogens (tertiary/aromatic N) is 2. The van der Waals surface area contributed by atoms with Crippen LogP contribution < -0.4 is 0 Å². The van der Waals surface area contributed by atoms with Crippen LogP contribution in [-0.2, 0) is 0 Å². The molecule has 12 heavy (non-hydrogen) atoms. The van der Waals surface area contributed by atoms with E-state index in [0.29, 0.717) is 12.2 Å². The first-order valence-electron chi connectivity index (χ1n) is 3.61. The van der Waals surface area contributed by atoms with Crippen LogP contribution in [0.3, 0.4) is 0 Å². The molecule has 0 saturated carbocycles. The van der Waals surface area contributed by atoms with Gasteiger partial charge in [-0.15, -0.1) is 6.58 Å². The van der Waals surface area contributed by atoms with Gasteiger partial charge in [0, 0.05) is 19.8 Å². The van der Waals surface area contributed by atoms with Crippen LogP contribution in [0.15, 0.2) is 25.2 Å². The van der Waals surface area contributed by atoms with Crippen LogP contribution in [0.1, 0.15) is 10.5 Å². The average molecular weight is 165 g/mol. The zero-order chi connectivity index (χ0) is 8.97. The van der Waals surface area contributed by atoms with E-state index in [4.69, 9.17) is 0 Å². The van der Waals surface area contributed by atoms with Crippen molar-refractivity contribution >= 4 is 5.91 Å². The molecule has 0 fully saturated rings. The molecule has 1 heterocycles. The maximum absolute atomic E-state index is 11.4. The van der Waals surface area contributed by atoms with Gasteiger partial charge in [0.2, 0.25) is 0 Å². The second kappa shape index (κ2) is 3.71. The van der Waals surface area contributed by atoms with E-state index >= 15 is 0 Å². The Morgan fingerprint density at radius 3 is 3.17 bits per heavy atom. The smallest absolute Gasteiger partial charge is 0.274 e. The van der Waals surface area contributed by atoms with Crippen LogP contribution in [0.5, 0.6) is 0 Å². The Bertz CT molecular complexity index is 266. The first-order valence-corrected chi connectivity index (χ1v) is 3.61. The van der Waals surface area contributed by atoms with E-state index in [1.165, 1.54) is 6.33 Å². The lowest BCUT2D eigenvalue weighted by Gasteiger charge is -2.12. The molecule has 0 aromatic carbocycles. The fourth-order valence-electron chi connectivity index (χ4n) is 0.849. The number of likely N-dealkylation sites (N-methyl/N-ethyl adjacent to an activating group) is 1. The van der Waals surface area contributed by atoms with Gasteiger partial charge in [-0.2, -0.15) is 0 Å². The van der Waals surface area contributed by atoms with Crippen molar-refractivity contribution in [2.24, 2.45) is 0 Å². The molecule has 4 nitrogen and oxygen atoms in total. The molecule has 0 spiro atoms. The topological polar surface area (TPSA) is 49.0 Å². The number of hydrogen-bond donors (Lipinski definition) is 1. The van der Waals surface area contributed by atoms with Crippen LogP contribution >= 0.6 is 0 Å². The molecule has 0 aliphatic heterocycles. The number of aromatic amines is 1. The minimum Gasteiger partial charge on any atom is -0.350 e. The van der Waals surface area contributed by atoms with Gasteiger partial charge in [0.1, 0.15) is 5.69 Å². The summed E-state index contributed by atoms with van der Waals surface area (Å²) in [4.78, 5) is 19.5. The van der Waals surface area contributed by atoms with Gasteiger partial charge < -0.3 is 9.88 Å². The van der Waals surface area contributed by atoms with Crippen molar-refractivity contribution < 1.29 is 4.79 Å². The van der Waals surface area contributed by atoms with E-state index in [0.717, 1.165) is 0 Å². The standard InChI is InChI=1S/C8H11N3O/c1-3-4-11(2)8(12)7-5-9-6-10-7/h3,5-6H,1,4H2,2H3,(H,9,10). The lowest BCUT2D eigenvalue weighted by Crippen LogP contribution is -2.26. The molecule has 4 heteroatoms.